The molecule has 1 saturated carbocycles. The SMILES string of the molecule is CS(=O)(=O)c1csc(-c2nn(CSC3CCCCC3)c(=O)o2)c1-n1cccc1. The molecule has 28 heavy (non-hydrogen) atoms. The maximum Gasteiger partial charge on any atom is 0.438 e. The van der Waals surface area contributed by atoms with Gasteiger partial charge in [0.25, 0.3) is 5.89 Å². The van der Waals surface area contributed by atoms with Crippen LogP contribution in [0, 0.1) is 0 Å². The fraction of sp³-hybridized carbons (Fsp3) is 0.444. The minimum Gasteiger partial charge on any atom is -0.387 e. The lowest BCUT2D eigenvalue weighted by Gasteiger charge is -2.20. The molecule has 1 aliphatic rings. The van der Waals surface area contributed by atoms with Crippen LogP contribution in [0.1, 0.15) is 32.1 Å². The Labute approximate surface area is 171 Å². The lowest BCUT2D eigenvalue weighted by atomic mass is 10.0. The second-order valence-electron chi connectivity index (χ2n) is 6.87. The lowest BCUT2D eigenvalue weighted by Crippen LogP contribution is -2.17. The van der Waals surface area contributed by atoms with Crippen molar-refractivity contribution in [2.24, 2.45) is 0 Å². The van der Waals surface area contributed by atoms with Crippen LogP contribution >= 0.6 is 23.1 Å². The van der Waals surface area contributed by atoms with E-state index in [-0.39, 0.29) is 10.8 Å². The van der Waals surface area contributed by atoms with E-state index < -0.39 is 15.6 Å². The summed E-state index contributed by atoms with van der Waals surface area (Å²) in [5.74, 6) is 0.0693. The number of hydrogen-bond acceptors (Lipinski definition) is 7. The predicted octanol–water partition coefficient (Wildman–Crippen LogP) is 3.78. The van der Waals surface area contributed by atoms with Gasteiger partial charge in [-0.1, -0.05) is 19.3 Å². The summed E-state index contributed by atoms with van der Waals surface area (Å²) in [6, 6.07) is 3.62. The molecule has 0 bridgehead atoms. The summed E-state index contributed by atoms with van der Waals surface area (Å²) in [4.78, 5) is 13.0. The Kier molecular flexibility index (Phi) is 5.52. The Bertz CT molecular complexity index is 1100. The summed E-state index contributed by atoms with van der Waals surface area (Å²) in [5, 5.41) is 6.47. The Morgan fingerprint density at radius 3 is 2.64 bits per heavy atom. The van der Waals surface area contributed by atoms with E-state index >= 15 is 0 Å². The number of nitrogens with zero attached hydrogens (tertiary/aromatic N) is 3. The van der Waals surface area contributed by atoms with Crippen LogP contribution in [0.5, 0.6) is 0 Å². The molecule has 3 aromatic heterocycles. The van der Waals surface area contributed by atoms with Gasteiger partial charge in [-0.05, 0) is 25.0 Å². The molecule has 3 aromatic rings. The molecular weight excluding hydrogens is 418 g/mol. The number of hydrogen-bond donors (Lipinski definition) is 0. The molecule has 0 saturated heterocycles. The summed E-state index contributed by atoms with van der Waals surface area (Å²) in [6.45, 7) is 0. The zero-order chi connectivity index (χ0) is 19.7. The molecule has 0 aromatic carbocycles. The van der Waals surface area contributed by atoms with Gasteiger partial charge in [0, 0.05) is 29.3 Å². The summed E-state index contributed by atoms with van der Waals surface area (Å²) >= 11 is 2.93. The monoisotopic (exact) mass is 439 g/mol. The van der Waals surface area contributed by atoms with Crippen molar-refractivity contribution in [3.8, 4) is 16.5 Å². The first-order valence-corrected chi connectivity index (χ1v) is 12.9. The fourth-order valence-electron chi connectivity index (χ4n) is 3.37. The largest absolute Gasteiger partial charge is 0.438 e. The van der Waals surface area contributed by atoms with Gasteiger partial charge in [-0.3, -0.25) is 0 Å². The minimum absolute atomic E-state index is 0.151. The van der Waals surface area contributed by atoms with Gasteiger partial charge < -0.3 is 8.98 Å². The van der Waals surface area contributed by atoms with Gasteiger partial charge in [-0.15, -0.1) is 28.2 Å². The quantitative estimate of drug-likeness (QED) is 0.581. The van der Waals surface area contributed by atoms with Crippen LogP contribution in [0.4, 0.5) is 0 Å². The molecule has 0 atom stereocenters. The first-order valence-electron chi connectivity index (χ1n) is 9.08. The number of aromatic nitrogens is 3. The highest BCUT2D eigenvalue weighted by atomic mass is 32.2. The molecule has 4 rings (SSSR count). The van der Waals surface area contributed by atoms with Crippen molar-refractivity contribution in [3.05, 3.63) is 40.5 Å². The normalized spacial score (nSPS) is 15.9. The Balaban J connectivity index is 1.66. The lowest BCUT2D eigenvalue weighted by molar-refractivity contribution is 0.499. The zero-order valence-electron chi connectivity index (χ0n) is 15.4. The molecule has 0 amide bonds. The molecule has 150 valence electrons. The molecule has 3 heterocycles. The summed E-state index contributed by atoms with van der Waals surface area (Å²) in [6.07, 6.45) is 10.8. The maximum atomic E-state index is 12.3. The van der Waals surface area contributed by atoms with Gasteiger partial charge in [-0.2, -0.15) is 4.68 Å². The minimum atomic E-state index is -3.44. The summed E-state index contributed by atoms with van der Waals surface area (Å²) < 4.78 is 32.9. The number of thioether (sulfide) groups is 1. The molecule has 7 nitrogen and oxygen atoms in total. The van der Waals surface area contributed by atoms with Crippen molar-refractivity contribution in [3.63, 3.8) is 0 Å². The Morgan fingerprint density at radius 1 is 1.25 bits per heavy atom. The average molecular weight is 440 g/mol. The van der Waals surface area contributed by atoms with Crippen LogP contribution in [-0.2, 0) is 15.7 Å². The summed E-state index contributed by atoms with van der Waals surface area (Å²) in [5.41, 5.74) is 0.464. The van der Waals surface area contributed by atoms with E-state index in [0.29, 0.717) is 21.7 Å². The van der Waals surface area contributed by atoms with E-state index in [1.165, 1.54) is 54.4 Å². The third kappa shape index (κ3) is 3.99. The van der Waals surface area contributed by atoms with E-state index in [4.69, 9.17) is 4.42 Å². The molecule has 0 spiro atoms. The standard InChI is InChI=1S/C18H21N3O4S3/c1-28(23,24)14-11-26-16(15(14)20-9-5-6-10-20)17-19-21(18(22)25-17)12-27-13-7-3-2-4-8-13/h5-6,9-11,13H,2-4,7-8,12H2,1H3. The molecule has 0 aliphatic heterocycles. The van der Waals surface area contributed by atoms with Crippen LogP contribution in [-0.4, -0.2) is 34.3 Å². The first-order chi connectivity index (χ1) is 13.4. The number of thiophene rings is 1. The maximum absolute atomic E-state index is 12.3. The predicted molar refractivity (Wildman–Crippen MR) is 111 cm³/mol. The van der Waals surface area contributed by atoms with Crippen LogP contribution in [0.2, 0.25) is 0 Å². The van der Waals surface area contributed by atoms with Crippen LogP contribution in [0.25, 0.3) is 16.5 Å². The number of rotatable bonds is 6. The van der Waals surface area contributed by atoms with Gasteiger partial charge in [0.1, 0.15) is 9.77 Å². The smallest absolute Gasteiger partial charge is 0.387 e. The molecule has 0 radical (unpaired) electrons. The molecule has 1 aliphatic carbocycles. The second kappa shape index (κ2) is 7.92. The van der Waals surface area contributed by atoms with E-state index in [0.717, 1.165) is 0 Å². The third-order valence-electron chi connectivity index (χ3n) is 4.78. The molecule has 0 unspecified atom stereocenters. The van der Waals surface area contributed by atoms with E-state index in [2.05, 4.69) is 5.10 Å². The average Bonchev–Trinajstić information content (AvgIpc) is 3.39. The van der Waals surface area contributed by atoms with Crippen molar-refractivity contribution < 1.29 is 12.8 Å². The highest BCUT2D eigenvalue weighted by Crippen LogP contribution is 2.37. The van der Waals surface area contributed by atoms with Crippen molar-refractivity contribution in [2.75, 3.05) is 6.26 Å². The Morgan fingerprint density at radius 2 is 1.96 bits per heavy atom. The fourth-order valence-corrected chi connectivity index (χ4v) is 6.86. The zero-order valence-corrected chi connectivity index (χ0v) is 17.9. The van der Waals surface area contributed by atoms with Crippen LogP contribution < -0.4 is 5.76 Å². The molecule has 0 N–H and O–H groups in total. The van der Waals surface area contributed by atoms with E-state index in [9.17, 15) is 13.2 Å². The van der Waals surface area contributed by atoms with Gasteiger partial charge in [0.2, 0.25) is 0 Å². The first kappa shape index (κ1) is 19.5. The Hall–Kier alpha value is -1.78. The second-order valence-corrected chi connectivity index (χ2v) is 11.0. The third-order valence-corrected chi connectivity index (χ3v) is 8.33. The number of sulfone groups is 1. The topological polar surface area (TPSA) is 87.1 Å². The molecule has 10 heteroatoms. The molecule has 1 fully saturated rings. The highest BCUT2D eigenvalue weighted by molar-refractivity contribution is 7.98. The van der Waals surface area contributed by atoms with E-state index in [1.807, 2.05) is 12.1 Å². The van der Waals surface area contributed by atoms with Gasteiger partial charge in [-0.25, -0.2) is 13.2 Å². The van der Waals surface area contributed by atoms with Crippen LogP contribution in [0.3, 0.4) is 0 Å². The van der Waals surface area contributed by atoms with E-state index in [1.54, 1.807) is 34.1 Å². The summed E-state index contributed by atoms with van der Waals surface area (Å²) in [7, 11) is -3.44. The van der Waals surface area contributed by atoms with Gasteiger partial charge in [0.15, 0.2) is 9.84 Å². The van der Waals surface area contributed by atoms with Crippen molar-refractivity contribution in [1.82, 2.24) is 14.3 Å². The van der Waals surface area contributed by atoms with Gasteiger partial charge in [0.05, 0.1) is 11.6 Å². The van der Waals surface area contributed by atoms with Crippen molar-refractivity contribution >= 4 is 32.9 Å². The van der Waals surface area contributed by atoms with Crippen LogP contribution in [0.15, 0.2) is 44.0 Å². The van der Waals surface area contributed by atoms with Crippen molar-refractivity contribution in [1.29, 1.82) is 0 Å². The van der Waals surface area contributed by atoms with Gasteiger partial charge >= 0.3 is 5.76 Å². The molecular formula is C18H21N3O4S3. The highest BCUT2D eigenvalue weighted by Gasteiger charge is 2.25. The van der Waals surface area contributed by atoms with Crippen molar-refractivity contribution in [2.45, 2.75) is 48.1 Å².